The fourth-order valence-corrected chi connectivity index (χ4v) is 14.3. The van der Waals surface area contributed by atoms with Crippen LogP contribution in [0.1, 0.15) is 439 Å². The topological polar surface area (TPSA) is 237 Å². The highest BCUT2D eigenvalue weighted by molar-refractivity contribution is 7.47. The van der Waals surface area contributed by atoms with Crippen molar-refractivity contribution in [1.82, 2.24) is 0 Å². The zero-order chi connectivity index (χ0) is 74.1. The third-order valence-corrected chi connectivity index (χ3v) is 21.2. The van der Waals surface area contributed by atoms with Gasteiger partial charge in [0.05, 0.1) is 26.4 Å². The Morgan fingerprint density at radius 2 is 0.455 bits per heavy atom. The van der Waals surface area contributed by atoms with Crippen LogP contribution in [-0.4, -0.2) is 96.7 Å². The van der Waals surface area contributed by atoms with Crippen molar-refractivity contribution in [1.29, 1.82) is 0 Å². The van der Waals surface area contributed by atoms with Gasteiger partial charge >= 0.3 is 39.5 Å². The summed E-state index contributed by atoms with van der Waals surface area (Å²) < 4.78 is 68.5. The lowest BCUT2D eigenvalue weighted by atomic mass is 10.0. The lowest BCUT2D eigenvalue weighted by molar-refractivity contribution is -0.161. The van der Waals surface area contributed by atoms with Crippen LogP contribution in [0.15, 0.2) is 0 Å². The van der Waals surface area contributed by atoms with E-state index in [1.165, 1.54) is 257 Å². The lowest BCUT2D eigenvalue weighted by Crippen LogP contribution is -2.30. The van der Waals surface area contributed by atoms with Crippen LogP contribution in [0.4, 0.5) is 0 Å². The molecule has 0 saturated heterocycles. The summed E-state index contributed by atoms with van der Waals surface area (Å²) in [6.45, 7) is 7.22. The number of unbranched alkanes of at least 4 members (excludes halogenated alkanes) is 54. The van der Waals surface area contributed by atoms with Gasteiger partial charge in [-0.2, -0.15) is 0 Å². The van der Waals surface area contributed by atoms with Crippen LogP contribution < -0.4 is 0 Å². The van der Waals surface area contributed by atoms with Crippen molar-refractivity contribution in [2.75, 3.05) is 39.6 Å². The molecule has 2 unspecified atom stereocenters. The van der Waals surface area contributed by atoms with Gasteiger partial charge in [0.25, 0.3) is 0 Å². The first-order valence-corrected chi connectivity index (χ1v) is 45.6. The number of hydrogen-bond donors (Lipinski definition) is 3. The fraction of sp³-hybridized carbons (Fsp3) is 0.951. The van der Waals surface area contributed by atoms with Gasteiger partial charge in [-0.25, -0.2) is 9.13 Å². The van der Waals surface area contributed by atoms with Gasteiger partial charge in [-0.1, -0.05) is 388 Å². The van der Waals surface area contributed by atoms with E-state index < -0.39 is 97.5 Å². The molecule has 0 spiro atoms. The summed E-state index contributed by atoms with van der Waals surface area (Å²) in [7, 11) is -9.91. The molecule has 5 atom stereocenters. The smallest absolute Gasteiger partial charge is 0.462 e. The van der Waals surface area contributed by atoms with Crippen LogP contribution in [0, 0.1) is 5.92 Å². The predicted molar refractivity (Wildman–Crippen MR) is 414 cm³/mol. The number of phosphoric acid groups is 2. The molecule has 17 nitrogen and oxygen atoms in total. The summed E-state index contributed by atoms with van der Waals surface area (Å²) in [4.78, 5) is 72.7. The summed E-state index contributed by atoms with van der Waals surface area (Å²) in [6.07, 6.45) is 67.4. The highest BCUT2D eigenvalue weighted by Crippen LogP contribution is 2.45. The van der Waals surface area contributed by atoms with Crippen molar-refractivity contribution >= 4 is 39.5 Å². The van der Waals surface area contributed by atoms with Crippen LogP contribution in [0.5, 0.6) is 0 Å². The fourth-order valence-electron chi connectivity index (χ4n) is 12.8. The molecule has 0 bridgehead atoms. The largest absolute Gasteiger partial charge is 0.472 e. The Kier molecular flexibility index (Phi) is 73.5. The maximum absolute atomic E-state index is 13.1. The molecule has 0 saturated carbocycles. The van der Waals surface area contributed by atoms with Crippen LogP contribution in [-0.2, 0) is 65.4 Å². The minimum Gasteiger partial charge on any atom is -0.462 e. The van der Waals surface area contributed by atoms with Crippen molar-refractivity contribution in [2.45, 2.75) is 457 Å². The van der Waals surface area contributed by atoms with Crippen LogP contribution in [0.3, 0.4) is 0 Å². The average molecular weight is 1480 g/mol. The second-order valence-electron chi connectivity index (χ2n) is 30.0. The quantitative estimate of drug-likeness (QED) is 0.0222. The molecule has 0 amide bonds. The number of carbonyl (C=O) groups excluding carboxylic acids is 4. The Morgan fingerprint density at radius 1 is 0.267 bits per heavy atom. The maximum Gasteiger partial charge on any atom is 0.472 e. The van der Waals surface area contributed by atoms with Crippen LogP contribution >= 0.6 is 15.6 Å². The molecule has 0 aliphatic carbocycles. The van der Waals surface area contributed by atoms with E-state index >= 15 is 0 Å². The number of rotatable bonds is 82. The van der Waals surface area contributed by atoms with E-state index in [9.17, 15) is 43.2 Å². The summed E-state index contributed by atoms with van der Waals surface area (Å²) in [6, 6.07) is 0. The molecule has 3 N–H and O–H groups in total. The second-order valence-corrected chi connectivity index (χ2v) is 32.9. The highest BCUT2D eigenvalue weighted by atomic mass is 31.2. The van der Waals surface area contributed by atoms with E-state index in [2.05, 4.69) is 34.6 Å². The Balaban J connectivity index is 5.09. The number of hydrogen-bond acceptors (Lipinski definition) is 15. The van der Waals surface area contributed by atoms with E-state index in [0.29, 0.717) is 25.7 Å². The Hall–Kier alpha value is -1.94. The monoisotopic (exact) mass is 1480 g/mol. The Labute approximate surface area is 619 Å². The number of aliphatic hydroxyl groups excluding tert-OH is 1. The molecule has 101 heavy (non-hydrogen) atoms. The molecule has 0 fully saturated rings. The van der Waals surface area contributed by atoms with Crippen LogP contribution in [0.2, 0.25) is 0 Å². The third-order valence-electron chi connectivity index (χ3n) is 19.3. The molecule has 0 aliphatic rings. The Bertz CT molecular complexity index is 1930. The minimum absolute atomic E-state index is 0.105. The minimum atomic E-state index is -4.96. The van der Waals surface area contributed by atoms with Crippen molar-refractivity contribution < 1.29 is 80.2 Å². The zero-order valence-electron chi connectivity index (χ0n) is 66.1. The zero-order valence-corrected chi connectivity index (χ0v) is 67.8. The van der Waals surface area contributed by atoms with Gasteiger partial charge in [0, 0.05) is 25.7 Å². The molecule has 0 aromatic heterocycles. The summed E-state index contributed by atoms with van der Waals surface area (Å²) in [5.74, 6) is -1.37. The van der Waals surface area contributed by atoms with Gasteiger partial charge in [0.1, 0.15) is 19.3 Å². The van der Waals surface area contributed by atoms with Gasteiger partial charge in [-0.15, -0.1) is 0 Å². The van der Waals surface area contributed by atoms with E-state index in [1.54, 1.807) is 0 Å². The van der Waals surface area contributed by atoms with Crippen molar-refractivity contribution in [2.24, 2.45) is 5.92 Å². The molecule has 0 heterocycles. The SMILES string of the molecule is CCCCCCCCCCCCCCCCCCCCCCCCC(=O)O[C@H](COC(=O)CCCCCCCCCCCCCCCCCCCCCCC)COP(=O)(O)OC[C@@H](O)COP(=O)(O)OC[C@@H](COC(=O)CCCCCCC)OC(=O)CCCCCCCCCCCCC(C)C. The van der Waals surface area contributed by atoms with E-state index in [-0.39, 0.29) is 25.7 Å². The first-order chi connectivity index (χ1) is 49.0. The van der Waals surface area contributed by atoms with Crippen molar-refractivity contribution in [3.63, 3.8) is 0 Å². The van der Waals surface area contributed by atoms with Gasteiger partial charge in [0.2, 0.25) is 0 Å². The Morgan fingerprint density at radius 3 is 0.673 bits per heavy atom. The number of phosphoric ester groups is 2. The van der Waals surface area contributed by atoms with Crippen molar-refractivity contribution in [3.8, 4) is 0 Å². The van der Waals surface area contributed by atoms with Gasteiger partial charge in [0.15, 0.2) is 12.2 Å². The molecule has 0 aromatic carbocycles. The maximum atomic E-state index is 13.1. The summed E-state index contributed by atoms with van der Waals surface area (Å²) in [5, 5.41) is 10.6. The summed E-state index contributed by atoms with van der Waals surface area (Å²) >= 11 is 0. The standard InChI is InChI=1S/C82H160O17P2/c1-6-9-12-15-17-19-21-23-25-27-29-31-33-35-37-39-41-43-48-52-57-62-67-82(87)99-78(72-93-80(85)66-61-56-51-47-42-40-38-36-34-32-30-28-26-24-22-20-18-16-13-10-7-2)74-97-101(90,91)95-70-76(83)69-94-100(88,89)96-73-77(71-92-79(84)65-60-54-14-11-8-3)98-81(86)68-63-58-53-49-45-44-46-50-55-59-64-75(4)5/h75-78,83H,6-74H2,1-5H3,(H,88,89)(H,90,91)/t76-,77+,78+/m0/s1. The van der Waals surface area contributed by atoms with E-state index in [1.807, 2.05) is 0 Å². The molecule has 0 radical (unpaired) electrons. The predicted octanol–water partition coefficient (Wildman–Crippen LogP) is 24.8. The average Bonchev–Trinajstić information content (AvgIpc) is 1.04. The summed E-state index contributed by atoms with van der Waals surface area (Å²) in [5.41, 5.74) is 0. The molecule has 0 aliphatic heterocycles. The first-order valence-electron chi connectivity index (χ1n) is 42.6. The van der Waals surface area contributed by atoms with Crippen LogP contribution in [0.25, 0.3) is 0 Å². The van der Waals surface area contributed by atoms with Gasteiger partial charge in [-0.05, 0) is 31.6 Å². The number of ether oxygens (including phenoxy) is 4. The van der Waals surface area contributed by atoms with Crippen molar-refractivity contribution in [3.05, 3.63) is 0 Å². The normalized spacial score (nSPS) is 13.8. The molecule has 19 heteroatoms. The number of aliphatic hydroxyl groups is 1. The molecular weight excluding hydrogens is 1320 g/mol. The second kappa shape index (κ2) is 74.9. The van der Waals surface area contributed by atoms with Gasteiger partial charge in [-0.3, -0.25) is 37.3 Å². The van der Waals surface area contributed by atoms with Gasteiger partial charge < -0.3 is 33.8 Å². The van der Waals surface area contributed by atoms with E-state index in [0.717, 1.165) is 102 Å². The molecule has 600 valence electrons. The first kappa shape index (κ1) is 99.1. The molecular formula is C82H160O17P2. The molecule has 0 aromatic rings. The number of carbonyl (C=O) groups is 4. The number of esters is 4. The highest BCUT2D eigenvalue weighted by Gasteiger charge is 2.30. The third kappa shape index (κ3) is 76.1. The lowest BCUT2D eigenvalue weighted by Gasteiger charge is -2.21. The molecule has 0 rings (SSSR count). The van der Waals surface area contributed by atoms with E-state index in [4.69, 9.17) is 37.0 Å².